The number of nitrogens with zero attached hydrogens (tertiary/aromatic N) is 5. The summed E-state index contributed by atoms with van der Waals surface area (Å²) in [4.78, 5) is 8.86. The second-order valence-corrected chi connectivity index (χ2v) is 5.35. The number of aryl methyl sites for hydroxylation is 2. The molecule has 7 heteroatoms. The predicted molar refractivity (Wildman–Crippen MR) is 86.0 cm³/mol. The highest BCUT2D eigenvalue weighted by Crippen LogP contribution is 2.30. The van der Waals surface area contributed by atoms with Crippen LogP contribution in [0, 0.1) is 6.92 Å². The molecule has 4 rings (SSSR count). The van der Waals surface area contributed by atoms with Crippen molar-refractivity contribution in [2.75, 3.05) is 5.32 Å². The Morgan fingerprint density at radius 1 is 1.35 bits per heavy atom. The second-order valence-electron chi connectivity index (χ2n) is 5.35. The van der Waals surface area contributed by atoms with Gasteiger partial charge in [-0.3, -0.25) is 14.1 Å². The summed E-state index contributed by atoms with van der Waals surface area (Å²) < 4.78 is 9.18. The Labute approximate surface area is 132 Å². The Morgan fingerprint density at radius 3 is 3.00 bits per heavy atom. The largest absolute Gasteiger partial charge is 0.467 e. The van der Waals surface area contributed by atoms with E-state index in [9.17, 15) is 0 Å². The lowest BCUT2D eigenvalue weighted by molar-refractivity contribution is 0.518. The molecule has 0 aliphatic rings. The molecule has 0 unspecified atom stereocenters. The number of hydrogen-bond acceptors (Lipinski definition) is 5. The number of imidazole rings is 1. The van der Waals surface area contributed by atoms with E-state index in [2.05, 4.69) is 15.4 Å². The van der Waals surface area contributed by atoms with Gasteiger partial charge >= 0.3 is 0 Å². The first-order valence-electron chi connectivity index (χ1n) is 7.31. The van der Waals surface area contributed by atoms with E-state index >= 15 is 0 Å². The minimum absolute atomic E-state index is 0.579. The molecule has 0 aliphatic heterocycles. The van der Waals surface area contributed by atoms with Gasteiger partial charge in [-0.05, 0) is 19.1 Å². The van der Waals surface area contributed by atoms with E-state index in [1.807, 2.05) is 42.9 Å². The molecule has 116 valence electrons. The molecule has 0 spiro atoms. The molecule has 7 nitrogen and oxygen atoms in total. The van der Waals surface area contributed by atoms with Crippen molar-refractivity contribution in [2.45, 2.75) is 13.5 Å². The number of rotatable bonds is 4. The van der Waals surface area contributed by atoms with Gasteiger partial charge in [-0.1, -0.05) is 0 Å². The van der Waals surface area contributed by atoms with Crippen molar-refractivity contribution in [1.82, 2.24) is 24.1 Å². The van der Waals surface area contributed by atoms with Gasteiger partial charge < -0.3 is 9.73 Å². The molecule has 0 amide bonds. The molecule has 0 atom stereocenters. The van der Waals surface area contributed by atoms with Crippen molar-refractivity contribution in [3.05, 3.63) is 54.6 Å². The maximum Gasteiger partial charge on any atom is 0.157 e. The van der Waals surface area contributed by atoms with Crippen LogP contribution in [0.4, 0.5) is 5.82 Å². The van der Waals surface area contributed by atoms with Gasteiger partial charge in [0.2, 0.25) is 0 Å². The molecule has 4 aromatic rings. The van der Waals surface area contributed by atoms with Gasteiger partial charge in [-0.2, -0.15) is 5.10 Å². The summed E-state index contributed by atoms with van der Waals surface area (Å²) in [5.41, 5.74) is 3.57. The van der Waals surface area contributed by atoms with Crippen LogP contribution < -0.4 is 5.32 Å². The highest BCUT2D eigenvalue weighted by atomic mass is 16.3. The smallest absolute Gasteiger partial charge is 0.157 e. The zero-order chi connectivity index (χ0) is 15.8. The maximum atomic E-state index is 5.40. The number of hydrogen-bond donors (Lipinski definition) is 1. The van der Waals surface area contributed by atoms with E-state index in [0.29, 0.717) is 6.54 Å². The maximum absolute atomic E-state index is 5.40. The average Bonchev–Trinajstić information content (AvgIpc) is 3.24. The van der Waals surface area contributed by atoms with Gasteiger partial charge in [-0.25, -0.2) is 4.98 Å². The summed E-state index contributed by atoms with van der Waals surface area (Å²) in [5.74, 6) is 1.76. The molecule has 1 N–H and O–H groups in total. The molecule has 0 radical (unpaired) electrons. The van der Waals surface area contributed by atoms with E-state index < -0.39 is 0 Å². The first kappa shape index (κ1) is 13.6. The third kappa shape index (κ3) is 2.36. The first-order valence-corrected chi connectivity index (χ1v) is 7.31. The monoisotopic (exact) mass is 308 g/mol. The first-order chi connectivity index (χ1) is 11.2. The van der Waals surface area contributed by atoms with Crippen molar-refractivity contribution < 1.29 is 4.42 Å². The fourth-order valence-corrected chi connectivity index (χ4v) is 2.68. The lowest BCUT2D eigenvalue weighted by atomic mass is 10.2. The van der Waals surface area contributed by atoms with E-state index in [1.54, 1.807) is 23.3 Å². The van der Waals surface area contributed by atoms with Crippen LogP contribution in [0.3, 0.4) is 0 Å². The minimum Gasteiger partial charge on any atom is -0.467 e. The van der Waals surface area contributed by atoms with Crippen molar-refractivity contribution in [2.24, 2.45) is 7.05 Å². The van der Waals surface area contributed by atoms with Gasteiger partial charge in [0.05, 0.1) is 24.7 Å². The van der Waals surface area contributed by atoms with Gasteiger partial charge in [0.15, 0.2) is 5.65 Å². The van der Waals surface area contributed by atoms with Gasteiger partial charge in [0.25, 0.3) is 0 Å². The summed E-state index contributed by atoms with van der Waals surface area (Å²) in [7, 11) is 1.91. The van der Waals surface area contributed by atoms with E-state index in [4.69, 9.17) is 9.40 Å². The van der Waals surface area contributed by atoms with Gasteiger partial charge in [0, 0.05) is 31.2 Å². The van der Waals surface area contributed by atoms with Crippen LogP contribution >= 0.6 is 0 Å². The summed E-state index contributed by atoms with van der Waals surface area (Å²) in [6.45, 7) is 2.56. The standard InChI is InChI=1S/C16H16N6O/c1-11-13(10-21(2)20-11)15-16(18-8-12-4-3-7-23-12)22-6-5-17-9-14(22)19-15/h3-7,9-10,18H,8H2,1-2H3. The normalized spacial score (nSPS) is 11.2. The van der Waals surface area contributed by atoms with Crippen LogP contribution in [-0.4, -0.2) is 24.1 Å². The number of furan rings is 1. The van der Waals surface area contributed by atoms with Crippen LogP contribution in [0.2, 0.25) is 0 Å². The highest BCUT2D eigenvalue weighted by molar-refractivity contribution is 5.77. The molecule has 0 fully saturated rings. The van der Waals surface area contributed by atoms with Crippen LogP contribution in [-0.2, 0) is 13.6 Å². The molecule has 0 aromatic carbocycles. The van der Waals surface area contributed by atoms with E-state index in [-0.39, 0.29) is 0 Å². The average molecular weight is 308 g/mol. The summed E-state index contributed by atoms with van der Waals surface area (Å²) >= 11 is 0. The number of fused-ring (bicyclic) bond motifs is 1. The molecule has 4 aromatic heterocycles. The third-order valence-corrected chi connectivity index (χ3v) is 3.71. The fourth-order valence-electron chi connectivity index (χ4n) is 2.68. The van der Waals surface area contributed by atoms with Crippen LogP contribution in [0.1, 0.15) is 11.5 Å². The quantitative estimate of drug-likeness (QED) is 0.627. The molecule has 0 bridgehead atoms. The lowest BCUT2D eigenvalue weighted by Gasteiger charge is -2.06. The molecular weight excluding hydrogens is 292 g/mol. The van der Waals surface area contributed by atoms with E-state index in [1.165, 1.54) is 0 Å². The fraction of sp³-hybridized carbons (Fsp3) is 0.188. The summed E-state index contributed by atoms with van der Waals surface area (Å²) in [6, 6.07) is 3.81. The van der Waals surface area contributed by atoms with Gasteiger partial charge in [-0.15, -0.1) is 0 Å². The Morgan fingerprint density at radius 2 is 2.26 bits per heavy atom. The number of nitrogens with one attached hydrogen (secondary N) is 1. The molecule has 0 aliphatic carbocycles. The number of anilines is 1. The van der Waals surface area contributed by atoms with Crippen molar-refractivity contribution >= 4 is 11.5 Å². The van der Waals surface area contributed by atoms with Crippen LogP contribution in [0.5, 0.6) is 0 Å². The Balaban J connectivity index is 1.82. The van der Waals surface area contributed by atoms with E-state index in [0.717, 1.165) is 34.2 Å². The van der Waals surface area contributed by atoms with Crippen molar-refractivity contribution in [3.8, 4) is 11.3 Å². The van der Waals surface area contributed by atoms with Crippen LogP contribution in [0.25, 0.3) is 16.9 Å². The van der Waals surface area contributed by atoms with Crippen molar-refractivity contribution in [3.63, 3.8) is 0 Å². The van der Waals surface area contributed by atoms with Crippen molar-refractivity contribution in [1.29, 1.82) is 0 Å². The molecule has 4 heterocycles. The lowest BCUT2D eigenvalue weighted by Crippen LogP contribution is -2.02. The molecule has 0 saturated heterocycles. The Hall–Kier alpha value is -3.09. The van der Waals surface area contributed by atoms with Gasteiger partial charge in [0.1, 0.15) is 17.3 Å². The Bertz CT molecular complexity index is 950. The zero-order valence-electron chi connectivity index (χ0n) is 12.9. The molecule has 23 heavy (non-hydrogen) atoms. The summed E-state index contributed by atoms with van der Waals surface area (Å²) in [6.07, 6.45) is 9.02. The second kappa shape index (κ2) is 5.28. The topological polar surface area (TPSA) is 73.2 Å². The zero-order valence-corrected chi connectivity index (χ0v) is 12.9. The third-order valence-electron chi connectivity index (χ3n) is 3.71. The Kier molecular flexibility index (Phi) is 3.11. The highest BCUT2D eigenvalue weighted by Gasteiger charge is 2.18. The summed E-state index contributed by atoms with van der Waals surface area (Å²) in [5, 5.41) is 7.83. The SMILES string of the molecule is Cc1nn(C)cc1-c1nc2cnccn2c1NCc1ccco1. The predicted octanol–water partition coefficient (Wildman–Crippen LogP) is 2.64. The van der Waals surface area contributed by atoms with Crippen LogP contribution in [0.15, 0.2) is 47.6 Å². The molecule has 0 saturated carbocycles. The minimum atomic E-state index is 0.579. The molecular formula is C16H16N6O. The number of aromatic nitrogens is 5.